The lowest BCUT2D eigenvalue weighted by atomic mass is 10.2. The van der Waals surface area contributed by atoms with E-state index < -0.39 is 0 Å². The molecule has 4 nitrogen and oxygen atoms in total. The fourth-order valence-corrected chi connectivity index (χ4v) is 1.93. The molecule has 1 fully saturated rings. The number of carbonyl (C=O) groups excluding carboxylic acids is 1. The highest BCUT2D eigenvalue weighted by Gasteiger charge is 2.25. The minimum absolute atomic E-state index is 0.511. The highest BCUT2D eigenvalue weighted by Crippen LogP contribution is 2.35. The first kappa shape index (κ1) is 11.0. The van der Waals surface area contributed by atoms with Gasteiger partial charge in [-0.05, 0) is 37.1 Å². The van der Waals surface area contributed by atoms with Gasteiger partial charge in [0.1, 0.15) is 18.6 Å². The van der Waals surface area contributed by atoms with Gasteiger partial charge in [0.2, 0.25) is 0 Å². The Hall–Kier alpha value is -2.10. The van der Waals surface area contributed by atoms with Crippen molar-refractivity contribution in [1.29, 1.82) is 0 Å². The fraction of sp³-hybridized carbons (Fsp3) is 0.286. The molecule has 0 saturated heterocycles. The van der Waals surface area contributed by atoms with Gasteiger partial charge in [-0.15, -0.1) is 0 Å². The van der Waals surface area contributed by atoms with Crippen molar-refractivity contribution in [3.8, 4) is 5.75 Å². The van der Waals surface area contributed by atoms with Crippen LogP contribution >= 0.6 is 0 Å². The number of carbonyl (C=O) groups is 1. The molecule has 1 heterocycles. The SMILES string of the molecule is O=Cc1ccc(OCc2cncn2C2CC2)cc1. The van der Waals surface area contributed by atoms with Gasteiger partial charge in [0, 0.05) is 11.6 Å². The van der Waals surface area contributed by atoms with Crippen LogP contribution in [0.15, 0.2) is 36.8 Å². The zero-order valence-corrected chi connectivity index (χ0v) is 9.95. The Morgan fingerprint density at radius 3 is 2.78 bits per heavy atom. The van der Waals surface area contributed by atoms with Crippen LogP contribution in [0.1, 0.15) is 34.9 Å². The average molecular weight is 242 g/mol. The number of nitrogens with zero attached hydrogens (tertiary/aromatic N) is 2. The summed E-state index contributed by atoms with van der Waals surface area (Å²) < 4.78 is 7.87. The molecule has 2 aromatic rings. The van der Waals surface area contributed by atoms with E-state index in [4.69, 9.17) is 4.74 Å². The van der Waals surface area contributed by atoms with E-state index in [0.717, 1.165) is 17.7 Å². The largest absolute Gasteiger partial charge is 0.487 e. The van der Waals surface area contributed by atoms with Crippen molar-refractivity contribution in [2.75, 3.05) is 0 Å². The van der Waals surface area contributed by atoms with Crippen LogP contribution in [0.3, 0.4) is 0 Å². The van der Waals surface area contributed by atoms with Crippen LogP contribution in [0.4, 0.5) is 0 Å². The predicted molar refractivity (Wildman–Crippen MR) is 66.7 cm³/mol. The Morgan fingerprint density at radius 2 is 2.11 bits per heavy atom. The Balaban J connectivity index is 1.65. The molecule has 0 unspecified atom stereocenters. The van der Waals surface area contributed by atoms with Crippen molar-refractivity contribution < 1.29 is 9.53 Å². The number of benzene rings is 1. The van der Waals surface area contributed by atoms with E-state index in [-0.39, 0.29) is 0 Å². The summed E-state index contributed by atoms with van der Waals surface area (Å²) in [6.07, 6.45) is 7.00. The third-order valence-electron chi connectivity index (χ3n) is 3.09. The molecule has 0 aliphatic heterocycles. The van der Waals surface area contributed by atoms with Gasteiger partial charge >= 0.3 is 0 Å². The molecule has 0 N–H and O–H groups in total. The Morgan fingerprint density at radius 1 is 1.33 bits per heavy atom. The predicted octanol–water partition coefficient (Wildman–Crippen LogP) is 2.61. The molecule has 0 atom stereocenters. The van der Waals surface area contributed by atoms with Crippen molar-refractivity contribution in [3.05, 3.63) is 48.0 Å². The lowest BCUT2D eigenvalue weighted by Gasteiger charge is -2.08. The number of hydrogen-bond donors (Lipinski definition) is 0. The van der Waals surface area contributed by atoms with E-state index in [1.165, 1.54) is 12.8 Å². The van der Waals surface area contributed by atoms with Crippen molar-refractivity contribution in [2.24, 2.45) is 0 Å². The summed E-state index contributed by atoms with van der Waals surface area (Å²) >= 11 is 0. The van der Waals surface area contributed by atoms with Crippen LogP contribution in [0.2, 0.25) is 0 Å². The van der Waals surface area contributed by atoms with Crippen molar-refractivity contribution in [3.63, 3.8) is 0 Å². The molecule has 4 heteroatoms. The Bertz CT molecular complexity index is 541. The minimum atomic E-state index is 0.511. The molecule has 1 saturated carbocycles. The molecule has 1 aromatic heterocycles. The summed E-state index contributed by atoms with van der Waals surface area (Å²) in [4.78, 5) is 14.7. The summed E-state index contributed by atoms with van der Waals surface area (Å²) in [5.41, 5.74) is 1.75. The zero-order valence-electron chi connectivity index (χ0n) is 9.95. The maximum atomic E-state index is 10.5. The number of ether oxygens (including phenoxy) is 1. The van der Waals surface area contributed by atoms with Crippen LogP contribution in [0, 0.1) is 0 Å². The average Bonchev–Trinajstić information content (AvgIpc) is 3.16. The molecule has 0 radical (unpaired) electrons. The first-order chi connectivity index (χ1) is 8.86. The van der Waals surface area contributed by atoms with Gasteiger partial charge < -0.3 is 9.30 Å². The standard InChI is InChI=1S/C14H14N2O2/c17-8-11-1-5-14(6-2-11)18-9-13-7-15-10-16(13)12-3-4-12/h1-2,5-8,10,12H,3-4,9H2. The van der Waals surface area contributed by atoms with E-state index in [1.54, 1.807) is 12.1 Å². The smallest absolute Gasteiger partial charge is 0.150 e. The van der Waals surface area contributed by atoms with E-state index >= 15 is 0 Å². The normalized spacial score (nSPS) is 14.4. The van der Waals surface area contributed by atoms with Crippen LogP contribution in [0.5, 0.6) is 5.75 Å². The topological polar surface area (TPSA) is 44.1 Å². The Labute approximate surface area is 105 Å². The van der Waals surface area contributed by atoms with Crippen molar-refractivity contribution in [2.45, 2.75) is 25.5 Å². The zero-order chi connectivity index (χ0) is 12.4. The number of hydrogen-bond acceptors (Lipinski definition) is 3. The number of rotatable bonds is 5. The number of imidazole rings is 1. The van der Waals surface area contributed by atoms with Crippen LogP contribution < -0.4 is 4.74 Å². The lowest BCUT2D eigenvalue weighted by Crippen LogP contribution is -2.03. The highest BCUT2D eigenvalue weighted by molar-refractivity contribution is 5.74. The third-order valence-corrected chi connectivity index (χ3v) is 3.09. The van der Waals surface area contributed by atoms with Gasteiger partial charge in [0.15, 0.2) is 0 Å². The minimum Gasteiger partial charge on any atom is -0.487 e. The number of aldehydes is 1. The van der Waals surface area contributed by atoms with Crippen molar-refractivity contribution in [1.82, 2.24) is 9.55 Å². The first-order valence-electron chi connectivity index (χ1n) is 6.05. The summed E-state index contributed by atoms with van der Waals surface area (Å²) in [6.45, 7) is 0.511. The van der Waals surface area contributed by atoms with E-state index in [2.05, 4.69) is 9.55 Å². The molecule has 0 amide bonds. The molecule has 18 heavy (non-hydrogen) atoms. The monoisotopic (exact) mass is 242 g/mol. The fourth-order valence-electron chi connectivity index (χ4n) is 1.93. The van der Waals surface area contributed by atoms with Gasteiger partial charge in [0.25, 0.3) is 0 Å². The van der Waals surface area contributed by atoms with Crippen LogP contribution in [0.25, 0.3) is 0 Å². The molecule has 3 rings (SSSR count). The molecule has 92 valence electrons. The molecular formula is C14H14N2O2. The molecule has 1 aliphatic carbocycles. The number of aromatic nitrogens is 2. The second-order valence-electron chi connectivity index (χ2n) is 4.50. The highest BCUT2D eigenvalue weighted by atomic mass is 16.5. The Kier molecular flexibility index (Phi) is 2.84. The summed E-state index contributed by atoms with van der Waals surface area (Å²) in [5, 5.41) is 0. The third kappa shape index (κ3) is 2.27. The lowest BCUT2D eigenvalue weighted by molar-refractivity contribution is 0.112. The van der Waals surface area contributed by atoms with Gasteiger partial charge in [0.05, 0.1) is 18.2 Å². The van der Waals surface area contributed by atoms with E-state index in [1.807, 2.05) is 24.7 Å². The molecule has 0 spiro atoms. The van der Waals surface area contributed by atoms with Gasteiger partial charge in [-0.2, -0.15) is 0 Å². The van der Waals surface area contributed by atoms with Crippen LogP contribution in [-0.4, -0.2) is 15.8 Å². The van der Waals surface area contributed by atoms with Gasteiger partial charge in [-0.3, -0.25) is 4.79 Å². The molecular weight excluding hydrogens is 228 g/mol. The molecule has 1 aromatic carbocycles. The summed E-state index contributed by atoms with van der Waals surface area (Å²) in [6, 6.07) is 7.73. The van der Waals surface area contributed by atoms with E-state index in [9.17, 15) is 4.79 Å². The summed E-state index contributed by atoms with van der Waals surface area (Å²) in [7, 11) is 0. The molecule has 0 bridgehead atoms. The second-order valence-corrected chi connectivity index (χ2v) is 4.50. The molecule has 1 aliphatic rings. The summed E-state index contributed by atoms with van der Waals surface area (Å²) in [5.74, 6) is 0.768. The first-order valence-corrected chi connectivity index (χ1v) is 6.05. The van der Waals surface area contributed by atoms with Gasteiger partial charge in [-0.1, -0.05) is 0 Å². The van der Waals surface area contributed by atoms with Gasteiger partial charge in [-0.25, -0.2) is 4.98 Å². The van der Waals surface area contributed by atoms with E-state index in [0.29, 0.717) is 18.2 Å². The maximum absolute atomic E-state index is 10.5. The maximum Gasteiger partial charge on any atom is 0.150 e. The van der Waals surface area contributed by atoms with Crippen molar-refractivity contribution >= 4 is 6.29 Å². The second kappa shape index (κ2) is 4.64. The quantitative estimate of drug-likeness (QED) is 0.757. The van der Waals surface area contributed by atoms with Crippen LogP contribution in [-0.2, 0) is 6.61 Å².